The zero-order chi connectivity index (χ0) is 17.9. The van der Waals surface area contributed by atoms with Crippen LogP contribution in [0.3, 0.4) is 0 Å². The Balaban J connectivity index is 2.52. The number of hydrogen-bond acceptors (Lipinski definition) is 4. The maximum atomic E-state index is 12.0. The summed E-state index contributed by atoms with van der Waals surface area (Å²) in [4.78, 5) is 23.6. The van der Waals surface area contributed by atoms with E-state index in [1.165, 1.54) is 0 Å². The molecule has 1 unspecified atom stereocenters. The van der Waals surface area contributed by atoms with Crippen molar-refractivity contribution in [2.24, 2.45) is 5.92 Å². The summed E-state index contributed by atoms with van der Waals surface area (Å²) >= 11 is 0. The normalized spacial score (nSPS) is 13.5. The summed E-state index contributed by atoms with van der Waals surface area (Å²) in [6.07, 6.45) is 7.96. The summed E-state index contributed by atoms with van der Waals surface area (Å²) in [5.74, 6) is 1.89. The SMILES string of the molecule is C#CC(CC[C@H](C)/C=C(\C)C(=O)OCC)OC(=O)c1ccccc1. The highest BCUT2D eigenvalue weighted by Crippen LogP contribution is 2.15. The second kappa shape index (κ2) is 10.3. The molecule has 0 saturated heterocycles. The van der Waals surface area contributed by atoms with Gasteiger partial charge in [0.15, 0.2) is 6.10 Å². The van der Waals surface area contributed by atoms with Crippen molar-refractivity contribution in [2.75, 3.05) is 6.61 Å². The van der Waals surface area contributed by atoms with Crippen LogP contribution in [0.25, 0.3) is 0 Å². The summed E-state index contributed by atoms with van der Waals surface area (Å²) in [6, 6.07) is 8.74. The molecule has 24 heavy (non-hydrogen) atoms. The Bertz CT molecular complexity index is 610. The van der Waals surface area contributed by atoms with E-state index >= 15 is 0 Å². The van der Waals surface area contributed by atoms with Crippen LogP contribution in [0.5, 0.6) is 0 Å². The molecular formula is C20H24O4. The van der Waals surface area contributed by atoms with E-state index in [0.717, 1.165) is 0 Å². The number of rotatable bonds is 8. The van der Waals surface area contributed by atoms with Gasteiger partial charge in [-0.1, -0.05) is 37.1 Å². The van der Waals surface area contributed by atoms with Crippen molar-refractivity contribution >= 4 is 11.9 Å². The summed E-state index contributed by atoms with van der Waals surface area (Å²) in [5, 5.41) is 0. The van der Waals surface area contributed by atoms with Crippen molar-refractivity contribution in [1.82, 2.24) is 0 Å². The third kappa shape index (κ3) is 6.70. The van der Waals surface area contributed by atoms with E-state index in [0.29, 0.717) is 30.6 Å². The molecule has 0 aliphatic heterocycles. The number of carbonyl (C=O) groups is 2. The maximum Gasteiger partial charge on any atom is 0.339 e. The van der Waals surface area contributed by atoms with Gasteiger partial charge in [-0.2, -0.15) is 0 Å². The van der Waals surface area contributed by atoms with E-state index in [2.05, 4.69) is 5.92 Å². The number of hydrogen-bond donors (Lipinski definition) is 0. The standard InChI is InChI=1S/C20H24O4/c1-5-18(24-20(22)17-10-8-7-9-11-17)13-12-15(3)14-16(4)19(21)23-6-2/h1,7-11,14-15,18H,6,12-13H2,2-4H3/b16-14+/t15-,18?/m0/s1. The van der Waals surface area contributed by atoms with E-state index in [-0.39, 0.29) is 11.9 Å². The second-order valence-corrected chi connectivity index (χ2v) is 5.55. The van der Waals surface area contributed by atoms with Gasteiger partial charge in [0.2, 0.25) is 0 Å². The van der Waals surface area contributed by atoms with Crippen molar-refractivity contribution in [3.05, 3.63) is 47.5 Å². The molecule has 0 heterocycles. The Kier molecular flexibility index (Phi) is 8.35. The number of carbonyl (C=O) groups excluding carboxylic acids is 2. The summed E-state index contributed by atoms with van der Waals surface area (Å²) in [7, 11) is 0. The van der Waals surface area contributed by atoms with E-state index in [1.54, 1.807) is 38.1 Å². The fourth-order valence-electron chi connectivity index (χ4n) is 2.19. The van der Waals surface area contributed by atoms with Crippen LogP contribution in [0.4, 0.5) is 0 Å². The Morgan fingerprint density at radius 2 is 1.92 bits per heavy atom. The first-order valence-electron chi connectivity index (χ1n) is 8.05. The third-order valence-corrected chi connectivity index (χ3v) is 3.46. The Labute approximate surface area is 143 Å². The van der Waals surface area contributed by atoms with Crippen molar-refractivity contribution in [2.45, 2.75) is 39.7 Å². The van der Waals surface area contributed by atoms with Crippen LogP contribution in [0, 0.1) is 18.3 Å². The number of ether oxygens (including phenoxy) is 2. The fourth-order valence-corrected chi connectivity index (χ4v) is 2.19. The molecule has 2 atom stereocenters. The van der Waals surface area contributed by atoms with E-state index in [4.69, 9.17) is 15.9 Å². The predicted octanol–water partition coefficient (Wildman–Crippen LogP) is 3.77. The first kappa shape index (κ1) is 19.5. The van der Waals surface area contributed by atoms with Crippen LogP contribution in [0.1, 0.15) is 44.0 Å². The average molecular weight is 328 g/mol. The Morgan fingerprint density at radius 1 is 1.25 bits per heavy atom. The van der Waals surface area contributed by atoms with Crippen LogP contribution in [-0.2, 0) is 14.3 Å². The zero-order valence-electron chi connectivity index (χ0n) is 14.5. The van der Waals surface area contributed by atoms with E-state index in [1.807, 2.05) is 19.1 Å². The number of terminal acetylenes is 1. The van der Waals surface area contributed by atoms with Crippen molar-refractivity contribution in [3.8, 4) is 12.3 Å². The van der Waals surface area contributed by atoms with Crippen molar-refractivity contribution in [3.63, 3.8) is 0 Å². The lowest BCUT2D eigenvalue weighted by molar-refractivity contribution is -0.138. The third-order valence-electron chi connectivity index (χ3n) is 3.46. The minimum atomic E-state index is -0.587. The molecular weight excluding hydrogens is 304 g/mol. The van der Waals surface area contributed by atoms with Crippen LogP contribution >= 0.6 is 0 Å². The molecule has 0 amide bonds. The van der Waals surface area contributed by atoms with Gasteiger partial charge in [-0.15, -0.1) is 6.42 Å². The van der Waals surface area contributed by atoms with E-state index < -0.39 is 12.1 Å². The summed E-state index contributed by atoms with van der Waals surface area (Å²) < 4.78 is 10.3. The van der Waals surface area contributed by atoms with Gasteiger partial charge in [0.25, 0.3) is 0 Å². The molecule has 1 rings (SSSR count). The van der Waals surface area contributed by atoms with Crippen LogP contribution < -0.4 is 0 Å². The molecule has 0 saturated carbocycles. The highest BCUT2D eigenvalue weighted by atomic mass is 16.5. The molecule has 4 heteroatoms. The largest absolute Gasteiger partial charge is 0.463 e. The molecule has 0 N–H and O–H groups in total. The molecule has 0 aromatic heterocycles. The highest BCUT2D eigenvalue weighted by molar-refractivity contribution is 5.89. The molecule has 0 aliphatic carbocycles. The summed E-state index contributed by atoms with van der Waals surface area (Å²) in [5.41, 5.74) is 1.05. The maximum absolute atomic E-state index is 12.0. The molecule has 0 fully saturated rings. The lowest BCUT2D eigenvalue weighted by Crippen LogP contribution is -2.17. The molecule has 0 bridgehead atoms. The lowest BCUT2D eigenvalue weighted by Gasteiger charge is -2.14. The van der Waals surface area contributed by atoms with Crippen molar-refractivity contribution in [1.29, 1.82) is 0 Å². The predicted molar refractivity (Wildman–Crippen MR) is 93.3 cm³/mol. The van der Waals surface area contributed by atoms with E-state index in [9.17, 15) is 9.59 Å². The van der Waals surface area contributed by atoms with Gasteiger partial charge in [-0.3, -0.25) is 0 Å². The van der Waals surface area contributed by atoms with Gasteiger partial charge in [0, 0.05) is 5.57 Å². The molecule has 128 valence electrons. The topological polar surface area (TPSA) is 52.6 Å². The monoisotopic (exact) mass is 328 g/mol. The lowest BCUT2D eigenvalue weighted by atomic mass is 10.0. The van der Waals surface area contributed by atoms with Crippen LogP contribution in [0.15, 0.2) is 42.0 Å². The first-order chi connectivity index (χ1) is 11.5. The number of allylic oxidation sites excluding steroid dienone is 1. The zero-order valence-corrected chi connectivity index (χ0v) is 14.5. The molecule has 0 spiro atoms. The van der Waals surface area contributed by atoms with Gasteiger partial charge in [0.05, 0.1) is 12.2 Å². The Morgan fingerprint density at radius 3 is 2.50 bits per heavy atom. The molecule has 0 aliphatic rings. The molecule has 0 radical (unpaired) electrons. The molecule has 1 aromatic rings. The number of benzene rings is 1. The Hall–Kier alpha value is -2.54. The van der Waals surface area contributed by atoms with Gasteiger partial charge in [0.1, 0.15) is 0 Å². The van der Waals surface area contributed by atoms with Gasteiger partial charge in [-0.05, 0) is 44.7 Å². The summed E-state index contributed by atoms with van der Waals surface area (Å²) in [6.45, 7) is 5.83. The quantitative estimate of drug-likeness (QED) is 0.414. The van der Waals surface area contributed by atoms with Gasteiger partial charge < -0.3 is 9.47 Å². The average Bonchev–Trinajstić information content (AvgIpc) is 2.59. The molecule has 1 aromatic carbocycles. The minimum Gasteiger partial charge on any atom is -0.463 e. The van der Waals surface area contributed by atoms with Crippen LogP contribution in [0.2, 0.25) is 0 Å². The second-order valence-electron chi connectivity index (χ2n) is 5.55. The minimum absolute atomic E-state index is 0.126. The highest BCUT2D eigenvalue weighted by Gasteiger charge is 2.15. The van der Waals surface area contributed by atoms with Crippen LogP contribution in [-0.4, -0.2) is 24.6 Å². The first-order valence-corrected chi connectivity index (χ1v) is 8.05. The van der Waals surface area contributed by atoms with Crippen molar-refractivity contribution < 1.29 is 19.1 Å². The van der Waals surface area contributed by atoms with Gasteiger partial charge >= 0.3 is 11.9 Å². The number of esters is 2. The fraction of sp³-hybridized carbons (Fsp3) is 0.400. The smallest absolute Gasteiger partial charge is 0.339 e. The molecule has 4 nitrogen and oxygen atoms in total. The van der Waals surface area contributed by atoms with Gasteiger partial charge in [-0.25, -0.2) is 9.59 Å².